The summed E-state index contributed by atoms with van der Waals surface area (Å²) in [6.45, 7) is 12.3. The first-order chi connectivity index (χ1) is 9.36. The van der Waals surface area contributed by atoms with Gasteiger partial charge in [-0.25, -0.2) is 0 Å². The van der Waals surface area contributed by atoms with Crippen LogP contribution in [0.1, 0.15) is 45.0 Å². The summed E-state index contributed by atoms with van der Waals surface area (Å²) in [7, 11) is 1.61. The van der Waals surface area contributed by atoms with E-state index >= 15 is 0 Å². The van der Waals surface area contributed by atoms with Crippen LogP contribution in [-0.4, -0.2) is 26.0 Å². The highest BCUT2D eigenvalue weighted by Crippen LogP contribution is 2.30. The summed E-state index contributed by atoms with van der Waals surface area (Å²) in [6.07, 6.45) is 0. The number of nitrogens with zero attached hydrogens (tertiary/aromatic N) is 1. The van der Waals surface area contributed by atoms with Crippen molar-refractivity contribution in [1.82, 2.24) is 0 Å². The van der Waals surface area contributed by atoms with Crippen LogP contribution in [0.15, 0.2) is 18.2 Å². The highest BCUT2D eigenvalue weighted by atomic mass is 16.5. The number of rotatable bonds is 7. The molecule has 0 aromatic heterocycles. The molecule has 1 aromatic carbocycles. The van der Waals surface area contributed by atoms with Crippen LogP contribution in [0.5, 0.6) is 5.75 Å². The number of ether oxygens (including phenoxy) is 1. The molecule has 0 aliphatic carbocycles. The van der Waals surface area contributed by atoms with Gasteiger partial charge in [0.1, 0.15) is 5.75 Å². The molecule has 0 aliphatic heterocycles. The molecule has 0 fully saturated rings. The van der Waals surface area contributed by atoms with Gasteiger partial charge in [-0.2, -0.15) is 0 Å². The molecule has 0 N–H and O–H groups in total. The number of benzene rings is 1. The molecule has 0 bridgehead atoms. The van der Waals surface area contributed by atoms with Gasteiger partial charge in [0.05, 0.1) is 18.4 Å². The van der Waals surface area contributed by atoms with Gasteiger partial charge in [0.25, 0.3) is 0 Å². The van der Waals surface area contributed by atoms with Crippen molar-refractivity contribution in [2.45, 2.75) is 34.6 Å². The molecule has 0 heterocycles. The lowest BCUT2D eigenvalue weighted by Crippen LogP contribution is -2.32. The van der Waals surface area contributed by atoms with Gasteiger partial charge < -0.3 is 9.64 Å². The molecule has 0 aliphatic rings. The Morgan fingerprint density at radius 2 is 1.70 bits per heavy atom. The quantitative estimate of drug-likeness (QED) is 0.705. The Morgan fingerprint density at radius 3 is 2.10 bits per heavy atom. The van der Waals surface area contributed by atoms with Crippen molar-refractivity contribution in [2.75, 3.05) is 25.1 Å². The van der Waals surface area contributed by atoms with Crippen LogP contribution in [0, 0.1) is 11.8 Å². The van der Waals surface area contributed by atoms with Gasteiger partial charge in [-0.05, 0) is 30.9 Å². The van der Waals surface area contributed by atoms with E-state index in [1.54, 1.807) is 14.0 Å². The van der Waals surface area contributed by atoms with Gasteiger partial charge in [-0.15, -0.1) is 0 Å². The predicted molar refractivity (Wildman–Crippen MR) is 84.9 cm³/mol. The first-order valence-electron chi connectivity index (χ1n) is 7.29. The summed E-state index contributed by atoms with van der Waals surface area (Å²) >= 11 is 0. The van der Waals surface area contributed by atoms with Crippen molar-refractivity contribution in [2.24, 2.45) is 11.8 Å². The highest BCUT2D eigenvalue weighted by Gasteiger charge is 2.19. The molecule has 1 rings (SSSR count). The Bertz CT molecular complexity index is 442. The minimum Gasteiger partial charge on any atom is -0.496 e. The normalized spacial score (nSPS) is 11.0. The third-order valence-electron chi connectivity index (χ3n) is 3.09. The molecule has 1 aromatic rings. The first-order valence-corrected chi connectivity index (χ1v) is 7.29. The van der Waals surface area contributed by atoms with E-state index in [1.165, 1.54) is 0 Å². The number of carbonyl (C=O) groups excluding carboxylic acids is 1. The Hall–Kier alpha value is -1.51. The lowest BCUT2D eigenvalue weighted by molar-refractivity contribution is 0.101. The molecule has 0 unspecified atom stereocenters. The summed E-state index contributed by atoms with van der Waals surface area (Å²) < 4.78 is 5.36. The van der Waals surface area contributed by atoms with E-state index < -0.39 is 0 Å². The molecule has 0 spiro atoms. The van der Waals surface area contributed by atoms with Crippen molar-refractivity contribution in [3.05, 3.63) is 23.8 Å². The number of hydrogen-bond acceptors (Lipinski definition) is 3. The van der Waals surface area contributed by atoms with Crippen LogP contribution in [-0.2, 0) is 0 Å². The van der Waals surface area contributed by atoms with Gasteiger partial charge in [0.15, 0.2) is 5.78 Å². The Morgan fingerprint density at radius 1 is 1.15 bits per heavy atom. The average molecular weight is 277 g/mol. The predicted octanol–water partition coefficient (Wildman–Crippen LogP) is 4.02. The number of hydrogen-bond donors (Lipinski definition) is 0. The summed E-state index contributed by atoms with van der Waals surface area (Å²) in [5, 5.41) is 0. The number of Topliss-reactive ketones (excluding diaryl/α,β-unsaturated/α-hetero) is 1. The summed E-state index contributed by atoms with van der Waals surface area (Å²) in [6, 6.07) is 5.82. The van der Waals surface area contributed by atoms with Crippen LogP contribution in [0.3, 0.4) is 0 Å². The number of methoxy groups -OCH3 is 1. The maximum atomic E-state index is 12.0. The highest BCUT2D eigenvalue weighted by molar-refractivity contribution is 6.02. The van der Waals surface area contributed by atoms with E-state index in [0.29, 0.717) is 23.1 Å². The molecule has 3 heteroatoms. The maximum absolute atomic E-state index is 12.0. The summed E-state index contributed by atoms with van der Waals surface area (Å²) in [4.78, 5) is 14.3. The van der Waals surface area contributed by atoms with E-state index in [0.717, 1.165) is 18.8 Å². The van der Waals surface area contributed by atoms with E-state index in [-0.39, 0.29) is 5.78 Å². The Balaban J connectivity index is 3.27. The van der Waals surface area contributed by atoms with Crippen LogP contribution in [0.25, 0.3) is 0 Å². The third-order valence-corrected chi connectivity index (χ3v) is 3.09. The fourth-order valence-corrected chi connectivity index (χ4v) is 2.46. The monoisotopic (exact) mass is 277 g/mol. The van der Waals surface area contributed by atoms with Crippen molar-refractivity contribution in [1.29, 1.82) is 0 Å². The molecular formula is C17H27NO2. The van der Waals surface area contributed by atoms with Crippen molar-refractivity contribution >= 4 is 11.5 Å². The molecule has 20 heavy (non-hydrogen) atoms. The second kappa shape index (κ2) is 7.32. The molecule has 112 valence electrons. The van der Waals surface area contributed by atoms with E-state index in [2.05, 4.69) is 32.6 Å². The first kappa shape index (κ1) is 16.5. The summed E-state index contributed by atoms with van der Waals surface area (Å²) in [5.41, 5.74) is 1.68. The van der Waals surface area contributed by atoms with Crippen molar-refractivity contribution in [3.63, 3.8) is 0 Å². The van der Waals surface area contributed by atoms with E-state index in [1.807, 2.05) is 18.2 Å². The molecule has 0 amide bonds. The largest absolute Gasteiger partial charge is 0.496 e. The summed E-state index contributed by atoms with van der Waals surface area (Å²) in [5.74, 6) is 1.79. The molecule has 0 saturated heterocycles. The third kappa shape index (κ3) is 4.26. The van der Waals surface area contributed by atoms with Crippen LogP contribution >= 0.6 is 0 Å². The zero-order valence-electron chi connectivity index (χ0n) is 13.6. The fourth-order valence-electron chi connectivity index (χ4n) is 2.46. The van der Waals surface area contributed by atoms with E-state index in [9.17, 15) is 4.79 Å². The van der Waals surface area contributed by atoms with Gasteiger partial charge in [-0.3, -0.25) is 4.79 Å². The zero-order valence-corrected chi connectivity index (χ0v) is 13.6. The standard InChI is InChI=1S/C17H27NO2/c1-12(2)10-18(11-13(3)4)15-8-7-9-16(20-6)17(15)14(5)19/h7-9,12-13H,10-11H2,1-6H3. The van der Waals surface area contributed by atoms with Gasteiger partial charge in [0.2, 0.25) is 0 Å². The molecule has 0 atom stereocenters. The molecular weight excluding hydrogens is 250 g/mol. The van der Waals surface area contributed by atoms with Gasteiger partial charge in [-0.1, -0.05) is 33.8 Å². The van der Waals surface area contributed by atoms with Crippen molar-refractivity contribution < 1.29 is 9.53 Å². The van der Waals surface area contributed by atoms with Crippen molar-refractivity contribution in [3.8, 4) is 5.75 Å². The lowest BCUT2D eigenvalue weighted by atomic mass is 10.0. The SMILES string of the molecule is COc1cccc(N(CC(C)C)CC(C)C)c1C(C)=O. The Kier molecular flexibility index (Phi) is 6.05. The van der Waals surface area contributed by atoms with Crippen LogP contribution < -0.4 is 9.64 Å². The molecule has 0 saturated carbocycles. The molecule has 3 nitrogen and oxygen atoms in total. The zero-order chi connectivity index (χ0) is 15.3. The minimum absolute atomic E-state index is 0.0509. The number of carbonyl (C=O) groups is 1. The smallest absolute Gasteiger partial charge is 0.165 e. The lowest BCUT2D eigenvalue weighted by Gasteiger charge is -2.30. The average Bonchev–Trinajstić information content (AvgIpc) is 2.35. The van der Waals surface area contributed by atoms with Crippen LogP contribution in [0.4, 0.5) is 5.69 Å². The Labute approximate surface area is 122 Å². The topological polar surface area (TPSA) is 29.5 Å². The van der Waals surface area contributed by atoms with E-state index in [4.69, 9.17) is 4.74 Å². The van der Waals surface area contributed by atoms with Gasteiger partial charge in [0, 0.05) is 13.1 Å². The molecule has 0 radical (unpaired) electrons. The number of ketones is 1. The number of anilines is 1. The fraction of sp³-hybridized carbons (Fsp3) is 0.588. The van der Waals surface area contributed by atoms with Crippen LogP contribution in [0.2, 0.25) is 0 Å². The second-order valence-electron chi connectivity index (χ2n) is 6.10. The second-order valence-corrected chi connectivity index (χ2v) is 6.10. The maximum Gasteiger partial charge on any atom is 0.165 e. The van der Waals surface area contributed by atoms with Gasteiger partial charge >= 0.3 is 0 Å². The minimum atomic E-state index is 0.0509.